The van der Waals surface area contributed by atoms with Crippen LogP contribution in [0.1, 0.15) is 0 Å². The summed E-state index contributed by atoms with van der Waals surface area (Å²) in [6.07, 6.45) is 1.90. The number of hydrogen-bond donors (Lipinski definition) is 3. The lowest BCUT2D eigenvalue weighted by Gasteiger charge is -2.47. The van der Waals surface area contributed by atoms with E-state index in [0.717, 1.165) is 5.82 Å². The molecular weight excluding hydrogens is 304 g/mol. The van der Waals surface area contributed by atoms with Crippen LogP contribution in [0, 0.1) is 0 Å². The molecule has 0 spiro atoms. The number of carboxylic acid groups (broad SMARTS) is 1. The Kier molecular flexibility index (Phi) is 3.79. The molecule has 1 amide bonds. The van der Waals surface area contributed by atoms with E-state index in [0.29, 0.717) is 17.9 Å². The molecule has 22 heavy (non-hydrogen) atoms. The number of anilines is 1. The van der Waals surface area contributed by atoms with Gasteiger partial charge < -0.3 is 10.8 Å². The first-order chi connectivity index (χ1) is 10.5. The molecule has 4 N–H and O–H groups in total. The highest BCUT2D eigenvalue weighted by molar-refractivity contribution is 8.00. The summed E-state index contributed by atoms with van der Waals surface area (Å²) >= 11 is 1.51. The van der Waals surface area contributed by atoms with Crippen molar-refractivity contribution in [3.8, 4) is 0 Å². The monoisotopic (exact) mass is 321 g/mol. The third kappa shape index (κ3) is 2.34. The van der Waals surface area contributed by atoms with Crippen LogP contribution in [0.2, 0.25) is 0 Å². The number of rotatable bonds is 4. The van der Waals surface area contributed by atoms with Crippen LogP contribution in [0.15, 0.2) is 35.7 Å². The molecule has 0 aliphatic carbocycles. The average Bonchev–Trinajstić information content (AvgIpc) is 2.52. The molecular formula is C14H17N4O3S+. The Bertz CT molecular complexity index is 676. The zero-order valence-corrected chi connectivity index (χ0v) is 12.8. The van der Waals surface area contributed by atoms with Gasteiger partial charge in [-0.3, -0.25) is 15.0 Å². The number of aryl methyl sites for hydroxylation is 1. The first-order valence-corrected chi connectivity index (χ1v) is 7.89. The Hall–Kier alpha value is -2.06. The number of carbonyl (C=O) groups is 2. The third-order valence-corrected chi connectivity index (χ3v) is 5.19. The summed E-state index contributed by atoms with van der Waals surface area (Å²) in [5.74, 6) is 0.0171. The lowest BCUT2D eigenvalue weighted by Crippen LogP contribution is -2.68. The molecule has 0 radical (unpaired) electrons. The molecule has 116 valence electrons. The van der Waals surface area contributed by atoms with E-state index in [1.807, 2.05) is 36.0 Å². The van der Waals surface area contributed by atoms with Gasteiger partial charge in [-0.2, -0.15) is 0 Å². The van der Waals surface area contributed by atoms with Crippen LogP contribution in [0.4, 0.5) is 5.82 Å². The fraction of sp³-hybridized carbons (Fsp3) is 0.357. The van der Waals surface area contributed by atoms with E-state index in [9.17, 15) is 14.7 Å². The molecule has 1 fully saturated rings. The molecule has 1 aromatic heterocycles. The van der Waals surface area contributed by atoms with E-state index in [4.69, 9.17) is 5.73 Å². The smallest absolute Gasteiger partial charge is 0.352 e. The molecule has 0 bridgehead atoms. The number of thioether (sulfide) groups is 1. The van der Waals surface area contributed by atoms with Gasteiger partial charge >= 0.3 is 5.97 Å². The lowest BCUT2D eigenvalue weighted by molar-refractivity contribution is -0.657. The number of carbonyl (C=O) groups excluding carboxylic acids is 1. The number of nitrogens with zero attached hydrogens (tertiary/aromatic N) is 2. The molecule has 0 aromatic carbocycles. The second-order valence-corrected chi connectivity index (χ2v) is 6.35. The minimum atomic E-state index is -1.08. The Morgan fingerprint density at radius 2 is 2.36 bits per heavy atom. The molecule has 3 rings (SSSR count). The van der Waals surface area contributed by atoms with E-state index in [2.05, 4.69) is 5.32 Å². The fourth-order valence-corrected chi connectivity index (χ4v) is 3.91. The van der Waals surface area contributed by atoms with E-state index in [1.54, 1.807) is 0 Å². The van der Waals surface area contributed by atoms with Crippen LogP contribution in [-0.2, 0) is 16.6 Å². The van der Waals surface area contributed by atoms with Gasteiger partial charge in [-0.1, -0.05) is 6.07 Å². The van der Waals surface area contributed by atoms with E-state index < -0.39 is 12.0 Å². The highest BCUT2D eigenvalue weighted by Crippen LogP contribution is 2.39. The number of hydrogen-bond acceptors (Lipinski definition) is 5. The Balaban J connectivity index is 1.83. The molecule has 2 aliphatic rings. The molecule has 2 aliphatic heterocycles. The van der Waals surface area contributed by atoms with E-state index >= 15 is 0 Å². The van der Waals surface area contributed by atoms with Crippen LogP contribution in [0.3, 0.4) is 0 Å². The van der Waals surface area contributed by atoms with Crippen molar-refractivity contribution in [2.75, 3.05) is 17.6 Å². The summed E-state index contributed by atoms with van der Waals surface area (Å²) in [5, 5.41) is 12.4. The lowest BCUT2D eigenvalue weighted by atomic mass is 10.0. The zero-order valence-electron chi connectivity index (χ0n) is 12.0. The maximum Gasteiger partial charge on any atom is 0.352 e. The van der Waals surface area contributed by atoms with Gasteiger partial charge in [0, 0.05) is 17.4 Å². The van der Waals surface area contributed by atoms with Gasteiger partial charge in [0.15, 0.2) is 0 Å². The van der Waals surface area contributed by atoms with Crippen molar-refractivity contribution < 1.29 is 19.3 Å². The topological polar surface area (TPSA) is 99.5 Å². The van der Waals surface area contributed by atoms with Crippen molar-refractivity contribution in [3.05, 3.63) is 35.7 Å². The van der Waals surface area contributed by atoms with Crippen molar-refractivity contribution in [1.82, 2.24) is 4.90 Å². The summed E-state index contributed by atoms with van der Waals surface area (Å²) in [6.45, 7) is 0.373. The molecule has 0 saturated carbocycles. The van der Waals surface area contributed by atoms with E-state index in [-0.39, 0.29) is 17.0 Å². The highest BCUT2D eigenvalue weighted by Gasteiger charge is 2.51. The molecule has 1 aromatic rings. The quantitative estimate of drug-likeness (QED) is 0.511. The summed E-state index contributed by atoms with van der Waals surface area (Å²) in [7, 11) is 1.90. The van der Waals surface area contributed by atoms with E-state index in [1.165, 1.54) is 16.7 Å². The number of amides is 1. The first kappa shape index (κ1) is 14.9. The van der Waals surface area contributed by atoms with Crippen LogP contribution in [0.25, 0.3) is 0 Å². The van der Waals surface area contributed by atoms with Gasteiger partial charge in [0.2, 0.25) is 5.91 Å². The normalized spacial score (nSPS) is 23.9. The number of β-lactam (4-membered cyclic amide) rings is 1. The minimum absolute atomic E-state index is 0.0709. The predicted molar refractivity (Wildman–Crippen MR) is 81.8 cm³/mol. The van der Waals surface area contributed by atoms with Crippen molar-refractivity contribution in [2.24, 2.45) is 12.8 Å². The average molecular weight is 321 g/mol. The van der Waals surface area contributed by atoms with Gasteiger partial charge in [-0.25, -0.2) is 9.36 Å². The van der Waals surface area contributed by atoms with Gasteiger partial charge in [0.1, 0.15) is 23.7 Å². The van der Waals surface area contributed by atoms with Gasteiger partial charge in [0.05, 0.1) is 13.2 Å². The number of aliphatic carboxylic acids is 1. The largest absolute Gasteiger partial charge is 0.477 e. The van der Waals surface area contributed by atoms with Crippen LogP contribution in [-0.4, -0.2) is 45.6 Å². The molecule has 2 atom stereocenters. The molecule has 1 unspecified atom stereocenters. The number of carboxylic acids is 1. The Morgan fingerprint density at radius 1 is 1.59 bits per heavy atom. The summed E-state index contributed by atoms with van der Waals surface area (Å²) in [6, 6.07) is 5.12. The summed E-state index contributed by atoms with van der Waals surface area (Å²) < 4.78 is 1.91. The fourth-order valence-electron chi connectivity index (χ4n) is 2.62. The second-order valence-electron chi connectivity index (χ2n) is 5.24. The highest BCUT2D eigenvalue weighted by atomic mass is 32.2. The van der Waals surface area contributed by atoms with Gasteiger partial charge in [-0.15, -0.1) is 11.8 Å². The second kappa shape index (κ2) is 5.62. The maximum atomic E-state index is 11.9. The van der Waals surface area contributed by atoms with Crippen molar-refractivity contribution >= 4 is 29.5 Å². The Morgan fingerprint density at radius 3 is 3.05 bits per heavy atom. The van der Waals surface area contributed by atoms with Gasteiger partial charge in [0.25, 0.3) is 5.82 Å². The van der Waals surface area contributed by atoms with Crippen molar-refractivity contribution in [1.29, 1.82) is 0 Å². The van der Waals surface area contributed by atoms with Crippen molar-refractivity contribution in [2.45, 2.75) is 11.4 Å². The van der Waals surface area contributed by atoms with Crippen LogP contribution in [0.5, 0.6) is 0 Å². The number of fused-ring (bicyclic) bond motifs is 1. The number of pyridine rings is 1. The standard InChI is InChI=1S/C14H16N4O3S/c1-17-5-3-2-4-9(17)16-6-8-7-22-13-10(15)12(19)18(13)11(8)14(20)21/h2-5,10,13H,6-7,15H2,1H3,(H,20,21)/p+1/t10?,13-/m1/s1. The van der Waals surface area contributed by atoms with Crippen LogP contribution >= 0.6 is 11.8 Å². The minimum Gasteiger partial charge on any atom is -0.477 e. The molecule has 7 nitrogen and oxygen atoms in total. The number of aromatic nitrogens is 1. The van der Waals surface area contributed by atoms with Crippen molar-refractivity contribution in [3.63, 3.8) is 0 Å². The summed E-state index contributed by atoms with van der Waals surface area (Å²) in [5.41, 5.74) is 6.49. The maximum absolute atomic E-state index is 11.9. The predicted octanol–water partition coefficient (Wildman–Crippen LogP) is -0.496. The molecule has 8 heteroatoms. The molecule has 1 saturated heterocycles. The number of nitrogens with one attached hydrogen (secondary N) is 1. The molecule has 3 heterocycles. The third-order valence-electron chi connectivity index (χ3n) is 3.83. The first-order valence-electron chi connectivity index (χ1n) is 6.85. The Labute approximate surface area is 131 Å². The van der Waals surface area contributed by atoms with Gasteiger partial charge in [-0.05, 0) is 6.07 Å². The van der Waals surface area contributed by atoms with Crippen LogP contribution < -0.4 is 15.6 Å². The summed E-state index contributed by atoms with van der Waals surface area (Å²) in [4.78, 5) is 24.7. The SMILES string of the molecule is C[n+]1ccccc1NCC1=C(C(=O)O)N2C(=O)C(N)[C@H]2SC1. The zero-order chi connectivity index (χ0) is 15.9. The number of nitrogens with two attached hydrogens (primary N) is 1.